The summed E-state index contributed by atoms with van der Waals surface area (Å²) in [6, 6.07) is 12.3. The number of halogens is 3. The molecule has 0 spiro atoms. The average Bonchev–Trinajstić information content (AvgIpc) is 2.88. The second kappa shape index (κ2) is 10.6. The largest absolute Gasteiger partial charge is 0.490 e. The highest BCUT2D eigenvalue weighted by molar-refractivity contribution is 6.06. The van der Waals surface area contributed by atoms with Crippen LogP contribution in [0.5, 0.6) is 5.75 Å². The Kier molecular flexibility index (Phi) is 7.19. The molecule has 182 valence electrons. The fourth-order valence-corrected chi connectivity index (χ4v) is 3.14. The van der Waals surface area contributed by atoms with Gasteiger partial charge in [0.05, 0.1) is 23.6 Å². The van der Waals surface area contributed by atoms with Crippen molar-refractivity contribution in [2.75, 3.05) is 17.2 Å². The predicted molar refractivity (Wildman–Crippen MR) is 128 cm³/mol. The lowest BCUT2D eigenvalue weighted by Gasteiger charge is -2.12. The highest BCUT2D eigenvalue weighted by Gasteiger charge is 2.30. The number of pyridine rings is 2. The highest BCUT2D eigenvalue weighted by atomic mass is 19.4. The van der Waals surface area contributed by atoms with Gasteiger partial charge in [-0.3, -0.25) is 4.79 Å². The first kappa shape index (κ1) is 24.3. The molecule has 36 heavy (non-hydrogen) atoms. The molecule has 3 aromatic heterocycles. The highest BCUT2D eigenvalue weighted by Crippen LogP contribution is 2.30. The number of benzene rings is 1. The lowest BCUT2D eigenvalue weighted by molar-refractivity contribution is -0.137. The van der Waals surface area contributed by atoms with Crippen LogP contribution < -0.4 is 15.4 Å². The van der Waals surface area contributed by atoms with Gasteiger partial charge in [-0.05, 0) is 42.0 Å². The third-order valence-electron chi connectivity index (χ3n) is 4.88. The zero-order valence-electron chi connectivity index (χ0n) is 18.7. The third kappa shape index (κ3) is 6.00. The number of carbonyl (C=O) groups excluding carboxylic acids is 1. The first-order valence-electron chi connectivity index (χ1n) is 10.6. The van der Waals surface area contributed by atoms with Gasteiger partial charge >= 0.3 is 6.18 Å². The van der Waals surface area contributed by atoms with Crippen LogP contribution in [0.1, 0.15) is 15.9 Å². The number of hydrogen-bond donors (Lipinski definition) is 2. The maximum Gasteiger partial charge on any atom is 0.417 e. The molecule has 0 atom stereocenters. The molecule has 0 aliphatic rings. The van der Waals surface area contributed by atoms with Crippen LogP contribution in [0.4, 0.5) is 30.5 Å². The topological polar surface area (TPSA) is 102 Å². The van der Waals surface area contributed by atoms with E-state index in [1.54, 1.807) is 18.2 Å². The van der Waals surface area contributed by atoms with E-state index in [-0.39, 0.29) is 17.2 Å². The number of nitrogens with one attached hydrogen (secondary N) is 2. The van der Waals surface area contributed by atoms with E-state index in [2.05, 4.69) is 37.4 Å². The number of nitrogens with zero attached hydrogens (tertiary/aromatic N) is 4. The molecule has 0 aliphatic heterocycles. The van der Waals surface area contributed by atoms with E-state index in [0.29, 0.717) is 23.6 Å². The summed E-state index contributed by atoms with van der Waals surface area (Å²) >= 11 is 0. The predicted octanol–water partition coefficient (Wildman–Crippen LogP) is 5.51. The van der Waals surface area contributed by atoms with Gasteiger partial charge < -0.3 is 15.4 Å². The molecule has 4 rings (SSSR count). The number of ether oxygens (including phenoxy) is 1. The summed E-state index contributed by atoms with van der Waals surface area (Å²) in [6.07, 6.45) is 2.25. The molecule has 0 saturated heterocycles. The molecule has 0 aliphatic carbocycles. The molecule has 11 heteroatoms. The fraction of sp³-hybridized carbons (Fsp3) is 0.0800. The normalized spacial score (nSPS) is 11.0. The van der Waals surface area contributed by atoms with Crippen LogP contribution >= 0.6 is 0 Å². The van der Waals surface area contributed by atoms with E-state index in [0.717, 1.165) is 17.8 Å². The molecule has 1 aromatic carbocycles. The van der Waals surface area contributed by atoms with E-state index in [9.17, 15) is 18.0 Å². The van der Waals surface area contributed by atoms with Gasteiger partial charge in [0.1, 0.15) is 24.0 Å². The fourth-order valence-electron chi connectivity index (χ4n) is 3.14. The molecule has 8 nitrogen and oxygen atoms in total. The summed E-state index contributed by atoms with van der Waals surface area (Å²) in [5, 5.41) is 13.4. The minimum Gasteiger partial charge on any atom is -0.490 e. The minimum absolute atomic E-state index is 0.147. The molecule has 3 heterocycles. The maximum atomic E-state index is 12.9. The lowest BCUT2D eigenvalue weighted by atomic mass is 10.1. The van der Waals surface area contributed by atoms with Crippen molar-refractivity contribution in [1.82, 2.24) is 20.2 Å². The van der Waals surface area contributed by atoms with Crippen LogP contribution in [-0.2, 0) is 6.18 Å². The van der Waals surface area contributed by atoms with Crippen LogP contribution in [0.3, 0.4) is 0 Å². The summed E-state index contributed by atoms with van der Waals surface area (Å²) in [5.41, 5.74) is 1.27. The number of rotatable bonds is 8. The quantitative estimate of drug-likeness (QED) is 0.313. The standard InChI is InChI=1S/C25H19F3N6O2/c1-2-11-36-19-6-3-16(4-7-19)20-14-31-32-15-21(20)33-24(35)17-9-10-29-23(12-17)34-22-8-5-18(13-30-22)25(26,27)28/h2-10,12-15H,1,11H2,(H,29,30,34)(H,31,33,35). The van der Waals surface area contributed by atoms with Gasteiger partial charge in [-0.2, -0.15) is 23.4 Å². The Bertz CT molecular complexity index is 1360. The maximum absolute atomic E-state index is 12.9. The number of amides is 1. The van der Waals surface area contributed by atoms with Crippen molar-refractivity contribution in [2.45, 2.75) is 6.18 Å². The molecule has 0 radical (unpaired) electrons. The number of alkyl halides is 3. The Labute approximate surface area is 203 Å². The van der Waals surface area contributed by atoms with Gasteiger partial charge in [0.25, 0.3) is 5.91 Å². The first-order chi connectivity index (χ1) is 17.3. The summed E-state index contributed by atoms with van der Waals surface area (Å²) < 4.78 is 43.7. The molecule has 0 bridgehead atoms. The van der Waals surface area contributed by atoms with Crippen LogP contribution in [0, 0.1) is 0 Å². The number of anilines is 3. The molecule has 0 saturated carbocycles. The lowest BCUT2D eigenvalue weighted by Crippen LogP contribution is -2.13. The van der Waals surface area contributed by atoms with Crippen molar-refractivity contribution in [1.29, 1.82) is 0 Å². The van der Waals surface area contributed by atoms with Gasteiger partial charge in [-0.1, -0.05) is 24.8 Å². The van der Waals surface area contributed by atoms with Crippen molar-refractivity contribution >= 4 is 23.2 Å². The molecule has 0 unspecified atom stereocenters. The SMILES string of the molecule is C=CCOc1ccc(-c2cnncc2NC(=O)c2ccnc(Nc3ccc(C(F)(F)F)cn3)c2)cc1. The zero-order chi connectivity index (χ0) is 25.5. The van der Waals surface area contributed by atoms with Crippen molar-refractivity contribution in [3.63, 3.8) is 0 Å². The average molecular weight is 492 g/mol. The smallest absolute Gasteiger partial charge is 0.417 e. The Morgan fingerprint density at radius 3 is 2.44 bits per heavy atom. The van der Waals surface area contributed by atoms with Crippen molar-refractivity contribution in [2.24, 2.45) is 0 Å². The summed E-state index contributed by atoms with van der Waals surface area (Å²) in [5.74, 6) is 0.610. The molecule has 0 fully saturated rings. The van der Waals surface area contributed by atoms with Gasteiger partial charge in [-0.25, -0.2) is 9.97 Å². The number of carbonyl (C=O) groups is 1. The number of aromatic nitrogens is 4. The van der Waals surface area contributed by atoms with Gasteiger partial charge in [0.15, 0.2) is 0 Å². The summed E-state index contributed by atoms with van der Waals surface area (Å²) in [7, 11) is 0. The van der Waals surface area contributed by atoms with Gasteiger partial charge in [0.2, 0.25) is 0 Å². The van der Waals surface area contributed by atoms with E-state index < -0.39 is 17.6 Å². The second-order valence-corrected chi connectivity index (χ2v) is 7.38. The van der Waals surface area contributed by atoms with Crippen molar-refractivity contribution in [3.8, 4) is 16.9 Å². The Hall–Kier alpha value is -4.80. The van der Waals surface area contributed by atoms with Gasteiger partial charge in [-0.15, -0.1) is 0 Å². The molecular formula is C25H19F3N6O2. The van der Waals surface area contributed by atoms with E-state index in [4.69, 9.17) is 4.74 Å². The summed E-state index contributed by atoms with van der Waals surface area (Å²) in [4.78, 5) is 20.8. The molecule has 4 aromatic rings. The minimum atomic E-state index is -4.48. The third-order valence-corrected chi connectivity index (χ3v) is 4.88. The Balaban J connectivity index is 1.49. The van der Waals surface area contributed by atoms with E-state index >= 15 is 0 Å². The van der Waals surface area contributed by atoms with Crippen LogP contribution in [0.2, 0.25) is 0 Å². The Morgan fingerprint density at radius 1 is 0.972 bits per heavy atom. The van der Waals surface area contributed by atoms with Crippen LogP contribution in [0.25, 0.3) is 11.1 Å². The van der Waals surface area contributed by atoms with E-state index in [1.807, 2.05) is 12.1 Å². The second-order valence-electron chi connectivity index (χ2n) is 7.38. The zero-order valence-corrected chi connectivity index (χ0v) is 18.7. The van der Waals surface area contributed by atoms with Crippen LogP contribution in [0.15, 0.2) is 86.0 Å². The van der Waals surface area contributed by atoms with Crippen molar-refractivity contribution < 1.29 is 22.7 Å². The molecule has 1 amide bonds. The van der Waals surface area contributed by atoms with Crippen molar-refractivity contribution in [3.05, 3.63) is 97.1 Å². The molecular weight excluding hydrogens is 473 g/mol. The molecule has 2 N–H and O–H groups in total. The summed E-state index contributed by atoms with van der Waals surface area (Å²) in [6.45, 7) is 4.00. The van der Waals surface area contributed by atoms with Gasteiger partial charge in [0, 0.05) is 23.5 Å². The first-order valence-corrected chi connectivity index (χ1v) is 10.6. The Morgan fingerprint density at radius 2 is 1.75 bits per heavy atom. The monoisotopic (exact) mass is 492 g/mol. The van der Waals surface area contributed by atoms with Crippen LogP contribution in [-0.4, -0.2) is 32.7 Å². The van der Waals surface area contributed by atoms with E-state index in [1.165, 1.54) is 36.8 Å². The number of hydrogen-bond acceptors (Lipinski definition) is 7.